The molecule has 6 rings (SSSR count). The Bertz CT molecular complexity index is 1190. The first kappa shape index (κ1) is 19.8. The van der Waals surface area contributed by atoms with E-state index < -0.39 is 0 Å². The van der Waals surface area contributed by atoms with Crippen LogP contribution < -0.4 is 10.6 Å². The Labute approximate surface area is 180 Å². The van der Waals surface area contributed by atoms with Gasteiger partial charge in [-0.05, 0) is 30.4 Å². The number of pyridine rings is 1. The highest BCUT2D eigenvalue weighted by Crippen LogP contribution is 2.33. The number of anilines is 1. The molecule has 164 valence electrons. The number of imidazole rings is 2. The molecule has 3 aliphatic heterocycles. The van der Waals surface area contributed by atoms with Gasteiger partial charge in [-0.25, -0.2) is 14.8 Å². The summed E-state index contributed by atoms with van der Waals surface area (Å²) in [6.45, 7) is 8.42. The van der Waals surface area contributed by atoms with Crippen molar-refractivity contribution in [1.82, 2.24) is 29.0 Å². The van der Waals surface area contributed by atoms with Crippen molar-refractivity contribution in [3.8, 4) is 0 Å². The molecule has 1 amide bonds. The van der Waals surface area contributed by atoms with Gasteiger partial charge in [0.25, 0.3) is 5.91 Å². The SMILES string of the molecule is Cn1c(=O)n(CC(C)(C)C)c2ccc(N3CC4CCC3CN4C(=O)c3ncc[nH]3)nc21. The fraction of sp³-hybridized carbons (Fsp3) is 0.545. The van der Waals surface area contributed by atoms with Crippen LogP contribution in [0, 0.1) is 5.41 Å². The number of hydrogen-bond donors (Lipinski definition) is 1. The quantitative estimate of drug-likeness (QED) is 0.696. The second-order valence-corrected chi connectivity index (χ2v) is 9.93. The third-order valence-corrected chi connectivity index (χ3v) is 6.38. The lowest BCUT2D eigenvalue weighted by molar-refractivity contribution is 0.0493. The summed E-state index contributed by atoms with van der Waals surface area (Å²) in [5, 5.41) is 0. The zero-order valence-electron chi connectivity index (χ0n) is 18.5. The van der Waals surface area contributed by atoms with Crippen molar-refractivity contribution in [3.63, 3.8) is 0 Å². The van der Waals surface area contributed by atoms with Gasteiger partial charge in [0.2, 0.25) is 0 Å². The molecule has 3 saturated heterocycles. The second kappa shape index (κ2) is 6.96. The van der Waals surface area contributed by atoms with E-state index in [2.05, 4.69) is 35.6 Å². The summed E-state index contributed by atoms with van der Waals surface area (Å²) in [6.07, 6.45) is 5.29. The Hall–Kier alpha value is -3.10. The van der Waals surface area contributed by atoms with Crippen LogP contribution in [0.25, 0.3) is 11.2 Å². The molecule has 1 N–H and O–H groups in total. The lowest BCUT2D eigenvalue weighted by Gasteiger charge is -2.51. The van der Waals surface area contributed by atoms with Crippen LogP contribution in [0.4, 0.5) is 5.82 Å². The number of rotatable bonds is 3. The van der Waals surface area contributed by atoms with Crippen molar-refractivity contribution >= 4 is 22.9 Å². The van der Waals surface area contributed by atoms with Gasteiger partial charge in [-0.15, -0.1) is 0 Å². The minimum absolute atomic E-state index is 0.00715. The Morgan fingerprint density at radius 1 is 1.19 bits per heavy atom. The summed E-state index contributed by atoms with van der Waals surface area (Å²) in [5.74, 6) is 1.23. The summed E-state index contributed by atoms with van der Waals surface area (Å²) in [5.41, 5.74) is 1.52. The van der Waals surface area contributed by atoms with E-state index in [1.54, 1.807) is 24.0 Å². The number of aromatic amines is 1. The molecule has 0 saturated carbocycles. The van der Waals surface area contributed by atoms with Gasteiger partial charge in [-0.2, -0.15) is 0 Å². The Morgan fingerprint density at radius 2 is 1.97 bits per heavy atom. The molecular weight excluding hydrogens is 394 g/mol. The smallest absolute Gasteiger partial charge is 0.330 e. The molecular formula is C22H29N7O2. The fourth-order valence-corrected chi connectivity index (χ4v) is 4.93. The molecule has 2 unspecified atom stereocenters. The third-order valence-electron chi connectivity index (χ3n) is 6.38. The number of piperidine rings is 2. The van der Waals surface area contributed by atoms with E-state index in [1.165, 1.54) is 0 Å². The predicted octanol–water partition coefficient (Wildman–Crippen LogP) is 2.00. The van der Waals surface area contributed by atoms with Crippen LogP contribution >= 0.6 is 0 Å². The first-order valence-electron chi connectivity index (χ1n) is 10.9. The topological polar surface area (TPSA) is 92.0 Å². The van der Waals surface area contributed by atoms with Gasteiger partial charge in [-0.1, -0.05) is 20.8 Å². The molecule has 2 atom stereocenters. The third kappa shape index (κ3) is 3.32. The summed E-state index contributed by atoms with van der Waals surface area (Å²) in [6, 6.07) is 4.37. The molecule has 31 heavy (non-hydrogen) atoms. The summed E-state index contributed by atoms with van der Waals surface area (Å²) in [7, 11) is 1.78. The van der Waals surface area contributed by atoms with E-state index in [1.807, 2.05) is 21.6 Å². The largest absolute Gasteiger partial charge is 0.350 e. The highest BCUT2D eigenvalue weighted by molar-refractivity contribution is 5.91. The van der Waals surface area contributed by atoms with Gasteiger partial charge in [-0.3, -0.25) is 13.9 Å². The molecule has 3 fully saturated rings. The average Bonchev–Trinajstić information content (AvgIpc) is 3.36. The first-order valence-corrected chi connectivity index (χ1v) is 10.9. The molecule has 6 heterocycles. The van der Waals surface area contributed by atoms with Crippen LogP contribution in [-0.4, -0.2) is 60.1 Å². The van der Waals surface area contributed by atoms with Crippen LogP contribution in [-0.2, 0) is 13.6 Å². The normalized spacial score (nSPS) is 21.3. The van der Waals surface area contributed by atoms with Crippen LogP contribution in [0.15, 0.2) is 29.3 Å². The van der Waals surface area contributed by atoms with Gasteiger partial charge >= 0.3 is 5.69 Å². The van der Waals surface area contributed by atoms with Gasteiger partial charge in [0.05, 0.1) is 5.52 Å². The van der Waals surface area contributed by atoms with E-state index in [4.69, 9.17) is 4.98 Å². The lowest BCUT2D eigenvalue weighted by atomic mass is 9.90. The van der Waals surface area contributed by atoms with Crippen molar-refractivity contribution in [2.75, 3.05) is 18.0 Å². The van der Waals surface area contributed by atoms with Crippen molar-refractivity contribution in [1.29, 1.82) is 0 Å². The van der Waals surface area contributed by atoms with E-state index in [0.29, 0.717) is 24.6 Å². The van der Waals surface area contributed by atoms with Gasteiger partial charge < -0.3 is 14.8 Å². The lowest BCUT2D eigenvalue weighted by Crippen LogP contribution is -2.64. The molecule has 0 aromatic carbocycles. The number of aryl methyl sites for hydroxylation is 1. The molecule has 3 aromatic rings. The molecule has 0 spiro atoms. The zero-order chi connectivity index (χ0) is 21.9. The number of carbonyl (C=O) groups excluding carboxylic acids is 1. The average molecular weight is 424 g/mol. The van der Waals surface area contributed by atoms with Gasteiger partial charge in [0, 0.05) is 51.2 Å². The molecule has 3 aromatic heterocycles. The summed E-state index contributed by atoms with van der Waals surface area (Å²) < 4.78 is 3.46. The van der Waals surface area contributed by atoms with Crippen LogP contribution in [0.2, 0.25) is 0 Å². The molecule has 2 bridgehead atoms. The molecule has 9 heteroatoms. The maximum absolute atomic E-state index is 12.8. The fourth-order valence-electron chi connectivity index (χ4n) is 4.93. The minimum atomic E-state index is -0.0376. The van der Waals surface area contributed by atoms with Gasteiger partial charge in [0.15, 0.2) is 11.5 Å². The maximum Gasteiger partial charge on any atom is 0.330 e. The first-order chi connectivity index (χ1) is 14.7. The number of nitrogens with one attached hydrogen (secondary N) is 1. The van der Waals surface area contributed by atoms with Gasteiger partial charge in [0.1, 0.15) is 5.82 Å². The number of amides is 1. The zero-order valence-corrected chi connectivity index (χ0v) is 18.5. The van der Waals surface area contributed by atoms with Crippen LogP contribution in [0.5, 0.6) is 0 Å². The minimum Gasteiger partial charge on any atom is -0.350 e. The van der Waals surface area contributed by atoms with Crippen molar-refractivity contribution < 1.29 is 4.79 Å². The Morgan fingerprint density at radius 3 is 2.61 bits per heavy atom. The number of hydrogen-bond acceptors (Lipinski definition) is 5. The maximum atomic E-state index is 12.8. The number of piperazine rings is 1. The highest BCUT2D eigenvalue weighted by atomic mass is 16.2. The number of carbonyl (C=O) groups is 1. The van der Waals surface area contributed by atoms with Crippen molar-refractivity contribution in [3.05, 3.63) is 40.8 Å². The monoisotopic (exact) mass is 423 g/mol. The van der Waals surface area contributed by atoms with E-state index in [0.717, 1.165) is 30.7 Å². The number of nitrogens with zero attached hydrogens (tertiary/aromatic N) is 6. The summed E-state index contributed by atoms with van der Waals surface area (Å²) >= 11 is 0. The molecule has 3 aliphatic rings. The summed E-state index contributed by atoms with van der Waals surface area (Å²) in [4.78, 5) is 41.8. The number of aromatic nitrogens is 5. The van der Waals surface area contributed by atoms with E-state index in [-0.39, 0.29) is 29.1 Å². The molecule has 9 nitrogen and oxygen atoms in total. The number of H-pyrrole nitrogens is 1. The molecule has 0 aliphatic carbocycles. The van der Waals surface area contributed by atoms with E-state index >= 15 is 0 Å². The van der Waals surface area contributed by atoms with Crippen LogP contribution in [0.3, 0.4) is 0 Å². The highest BCUT2D eigenvalue weighted by Gasteiger charge is 2.42. The second-order valence-electron chi connectivity index (χ2n) is 9.93. The van der Waals surface area contributed by atoms with Crippen LogP contribution in [0.1, 0.15) is 44.2 Å². The number of fused-ring (bicyclic) bond motifs is 4. The predicted molar refractivity (Wildman–Crippen MR) is 118 cm³/mol. The van der Waals surface area contributed by atoms with Crippen molar-refractivity contribution in [2.24, 2.45) is 12.5 Å². The molecule has 0 radical (unpaired) electrons. The van der Waals surface area contributed by atoms with Crippen molar-refractivity contribution in [2.45, 2.75) is 52.2 Å². The standard InChI is InChI=1S/C22H29N7O2/c1-22(2,3)13-29-16-7-8-17(25-19(16)26(4)21(29)31)27-11-15-6-5-14(27)12-28(15)20(30)18-23-9-10-24-18/h7-10,14-15H,5-6,11-13H2,1-4H3,(H,23,24). The Kier molecular flexibility index (Phi) is 4.46. The Balaban J connectivity index is 1.44. The van der Waals surface area contributed by atoms with E-state index in [9.17, 15) is 9.59 Å².